The fourth-order valence-corrected chi connectivity index (χ4v) is 4.91. The number of hydrogen-bond donors (Lipinski definition) is 1. The van der Waals surface area contributed by atoms with E-state index in [9.17, 15) is 9.90 Å². The minimum absolute atomic E-state index is 0.0579. The molecule has 3 aromatic heterocycles. The molecule has 5 heterocycles. The number of amides is 1. The molecule has 1 N–H and O–H groups in total. The zero-order valence-electron chi connectivity index (χ0n) is 15.0. The third kappa shape index (κ3) is 2.80. The molecule has 0 radical (unpaired) electrons. The van der Waals surface area contributed by atoms with Gasteiger partial charge in [0.25, 0.3) is 5.91 Å². The van der Waals surface area contributed by atoms with E-state index in [1.165, 1.54) is 0 Å². The highest BCUT2D eigenvalue weighted by Crippen LogP contribution is 2.42. The molecule has 2 aliphatic heterocycles. The van der Waals surface area contributed by atoms with Crippen molar-refractivity contribution in [3.8, 4) is 0 Å². The summed E-state index contributed by atoms with van der Waals surface area (Å²) < 4.78 is 2.09. The number of carbonyl (C=O) groups is 1. The van der Waals surface area contributed by atoms with E-state index in [1.54, 1.807) is 30.7 Å². The van der Waals surface area contributed by atoms with E-state index < -0.39 is 5.60 Å². The predicted octanol–water partition coefficient (Wildman–Crippen LogP) is 2.63. The first-order valence-corrected chi connectivity index (χ1v) is 9.47. The summed E-state index contributed by atoms with van der Waals surface area (Å²) in [6.45, 7) is 0.534. The monoisotopic (exact) mass is 362 g/mol. The minimum atomic E-state index is -0.803. The van der Waals surface area contributed by atoms with Gasteiger partial charge in [-0.25, -0.2) is 0 Å². The summed E-state index contributed by atoms with van der Waals surface area (Å²) in [7, 11) is 0. The largest absolute Gasteiger partial charge is 0.388 e. The first kappa shape index (κ1) is 16.4. The maximum atomic E-state index is 13.0. The molecule has 0 spiro atoms. The Morgan fingerprint density at radius 1 is 1.07 bits per heavy atom. The Morgan fingerprint density at radius 3 is 2.52 bits per heavy atom. The van der Waals surface area contributed by atoms with Crippen LogP contribution in [0.5, 0.6) is 0 Å². The van der Waals surface area contributed by atoms with Crippen LogP contribution in [0.1, 0.15) is 36.0 Å². The first-order chi connectivity index (χ1) is 13.1. The zero-order chi connectivity index (χ0) is 18.4. The van der Waals surface area contributed by atoms with Crippen LogP contribution in [-0.4, -0.2) is 48.1 Å². The number of piperidine rings is 1. The van der Waals surface area contributed by atoms with E-state index >= 15 is 0 Å². The average Bonchev–Trinajstić information content (AvgIpc) is 3.21. The second kappa shape index (κ2) is 6.16. The molecular formula is C21H22N4O2. The van der Waals surface area contributed by atoms with Crippen LogP contribution in [0.15, 0.2) is 55.2 Å². The summed E-state index contributed by atoms with van der Waals surface area (Å²) in [5.74, 6) is 0.0579. The number of hydrogen-bond acceptors (Lipinski definition) is 4. The molecule has 6 heteroatoms. The molecule has 0 aromatic carbocycles. The molecule has 0 saturated carbocycles. The highest BCUT2D eigenvalue weighted by atomic mass is 16.3. The van der Waals surface area contributed by atoms with Crippen molar-refractivity contribution in [1.82, 2.24) is 19.4 Å². The maximum Gasteiger partial charge on any atom is 0.254 e. The maximum absolute atomic E-state index is 13.0. The normalized spacial score (nSPS) is 27.2. The lowest BCUT2D eigenvalue weighted by atomic mass is 9.85. The summed E-state index contributed by atoms with van der Waals surface area (Å²) >= 11 is 0. The van der Waals surface area contributed by atoms with Crippen LogP contribution in [0.25, 0.3) is 10.9 Å². The van der Waals surface area contributed by atoms with Gasteiger partial charge < -0.3 is 14.6 Å². The molecular weight excluding hydrogens is 340 g/mol. The summed E-state index contributed by atoms with van der Waals surface area (Å²) in [6.07, 6.45) is 12.1. The summed E-state index contributed by atoms with van der Waals surface area (Å²) in [5.41, 5.74) is 0.909. The molecule has 2 saturated heterocycles. The fraction of sp³-hybridized carbons (Fsp3) is 0.381. The number of rotatable bonds is 3. The van der Waals surface area contributed by atoms with Gasteiger partial charge in [0.1, 0.15) is 0 Å². The van der Waals surface area contributed by atoms with Gasteiger partial charge in [0.05, 0.1) is 23.9 Å². The molecule has 2 fully saturated rings. The lowest BCUT2D eigenvalue weighted by molar-refractivity contribution is -0.0533. The van der Waals surface area contributed by atoms with Gasteiger partial charge >= 0.3 is 0 Å². The lowest BCUT2D eigenvalue weighted by Gasteiger charge is -2.44. The van der Waals surface area contributed by atoms with Gasteiger partial charge in [-0.15, -0.1) is 0 Å². The highest BCUT2D eigenvalue weighted by Gasteiger charge is 2.49. The number of aromatic nitrogens is 3. The topological polar surface area (TPSA) is 71.2 Å². The van der Waals surface area contributed by atoms with Crippen LogP contribution >= 0.6 is 0 Å². The zero-order valence-corrected chi connectivity index (χ0v) is 15.0. The quantitative estimate of drug-likeness (QED) is 0.777. The van der Waals surface area contributed by atoms with Crippen molar-refractivity contribution >= 4 is 16.8 Å². The van der Waals surface area contributed by atoms with Gasteiger partial charge in [-0.1, -0.05) is 0 Å². The van der Waals surface area contributed by atoms with Crippen LogP contribution in [0, 0.1) is 0 Å². The van der Waals surface area contributed by atoms with Crippen molar-refractivity contribution < 1.29 is 9.90 Å². The van der Waals surface area contributed by atoms with E-state index in [1.807, 2.05) is 23.4 Å². The Bertz CT molecular complexity index is 970. The minimum Gasteiger partial charge on any atom is -0.388 e. The molecule has 5 rings (SSSR count). The van der Waals surface area contributed by atoms with E-state index in [2.05, 4.69) is 20.6 Å². The van der Waals surface area contributed by atoms with E-state index in [0.29, 0.717) is 24.9 Å². The molecule has 138 valence electrons. The van der Waals surface area contributed by atoms with Crippen LogP contribution in [0.4, 0.5) is 0 Å². The van der Waals surface area contributed by atoms with Gasteiger partial charge in [0, 0.05) is 47.8 Å². The van der Waals surface area contributed by atoms with Crippen molar-refractivity contribution in [3.63, 3.8) is 0 Å². The molecule has 3 aromatic rings. The second-order valence-electron chi connectivity index (χ2n) is 7.84. The third-order valence-electron chi connectivity index (χ3n) is 6.05. The van der Waals surface area contributed by atoms with Crippen molar-refractivity contribution in [1.29, 1.82) is 0 Å². The number of aliphatic hydroxyl groups is 1. The summed E-state index contributed by atoms with van der Waals surface area (Å²) in [4.78, 5) is 23.2. The van der Waals surface area contributed by atoms with Crippen molar-refractivity contribution in [2.45, 2.75) is 49.9 Å². The Hall–Kier alpha value is -2.73. The number of nitrogens with zero attached hydrogens (tertiary/aromatic N) is 4. The van der Waals surface area contributed by atoms with Crippen LogP contribution in [0.2, 0.25) is 0 Å². The Morgan fingerprint density at radius 2 is 1.78 bits per heavy atom. The van der Waals surface area contributed by atoms with Gasteiger partial charge in [-0.2, -0.15) is 0 Å². The molecule has 6 nitrogen and oxygen atoms in total. The predicted molar refractivity (Wildman–Crippen MR) is 101 cm³/mol. The Labute approximate surface area is 157 Å². The standard InChI is InChI=1S/C21H22N4O2/c26-20(16-4-7-22-8-5-16)25-17-1-2-18(25)12-21(27,11-17)14-24-10-6-15-3-9-23-13-19(15)24/h3-10,13,17-18,27H,1-2,11-12,14H2/t17-,18-/m1/s1. The third-order valence-corrected chi connectivity index (χ3v) is 6.05. The van der Waals surface area contributed by atoms with Gasteiger partial charge in [-0.05, 0) is 49.9 Å². The van der Waals surface area contributed by atoms with Gasteiger partial charge in [-0.3, -0.25) is 14.8 Å². The van der Waals surface area contributed by atoms with Crippen LogP contribution in [-0.2, 0) is 6.54 Å². The molecule has 2 atom stereocenters. The number of carbonyl (C=O) groups excluding carboxylic acids is 1. The fourth-order valence-electron chi connectivity index (χ4n) is 4.91. The molecule has 0 unspecified atom stereocenters. The van der Waals surface area contributed by atoms with Gasteiger partial charge in [0.15, 0.2) is 0 Å². The van der Waals surface area contributed by atoms with Crippen LogP contribution in [0.3, 0.4) is 0 Å². The van der Waals surface area contributed by atoms with Gasteiger partial charge in [0.2, 0.25) is 0 Å². The number of pyridine rings is 2. The second-order valence-corrected chi connectivity index (χ2v) is 7.84. The first-order valence-electron chi connectivity index (χ1n) is 9.47. The molecule has 0 aliphatic carbocycles. The van der Waals surface area contributed by atoms with E-state index in [-0.39, 0.29) is 18.0 Å². The van der Waals surface area contributed by atoms with Crippen LogP contribution < -0.4 is 0 Å². The van der Waals surface area contributed by atoms with Crippen molar-refractivity contribution in [2.24, 2.45) is 0 Å². The highest BCUT2D eigenvalue weighted by molar-refractivity contribution is 5.94. The van der Waals surface area contributed by atoms with E-state index in [4.69, 9.17) is 0 Å². The SMILES string of the molecule is O=C(c1ccncc1)N1[C@@H]2CC[C@@H]1CC(O)(Cn1ccc3ccncc31)C2. The Balaban J connectivity index is 1.38. The van der Waals surface area contributed by atoms with Crippen molar-refractivity contribution in [2.75, 3.05) is 0 Å². The lowest BCUT2D eigenvalue weighted by Crippen LogP contribution is -2.54. The smallest absolute Gasteiger partial charge is 0.254 e. The van der Waals surface area contributed by atoms with E-state index in [0.717, 1.165) is 23.7 Å². The average molecular weight is 362 g/mol. The molecule has 27 heavy (non-hydrogen) atoms. The van der Waals surface area contributed by atoms with Crippen molar-refractivity contribution in [3.05, 3.63) is 60.8 Å². The molecule has 2 bridgehead atoms. The molecule has 1 amide bonds. The summed E-state index contributed by atoms with van der Waals surface area (Å²) in [6, 6.07) is 7.75. The molecule has 2 aliphatic rings. The summed E-state index contributed by atoms with van der Waals surface area (Å²) in [5, 5.41) is 12.5. The number of fused-ring (bicyclic) bond motifs is 3. The Kier molecular flexibility index (Phi) is 3.75.